The second kappa shape index (κ2) is 13.9. The van der Waals surface area contributed by atoms with E-state index in [-0.39, 0.29) is 29.5 Å². The molecule has 2 aromatic heterocycles. The summed E-state index contributed by atoms with van der Waals surface area (Å²) >= 11 is 0. The number of ether oxygens (including phenoxy) is 1. The second-order valence-corrected chi connectivity index (χ2v) is 9.96. The number of H-pyrrole nitrogens is 1. The maximum atomic E-state index is 13.6. The first-order valence-electron chi connectivity index (χ1n) is 13.6. The highest BCUT2D eigenvalue weighted by atomic mass is 19.4. The first kappa shape index (κ1) is 33.1. The topological polar surface area (TPSA) is 168 Å². The van der Waals surface area contributed by atoms with Crippen LogP contribution in [0.4, 0.5) is 24.8 Å². The molecule has 1 atom stereocenters. The van der Waals surface area contributed by atoms with E-state index in [0.29, 0.717) is 35.2 Å². The molecule has 0 radical (unpaired) electrons. The van der Waals surface area contributed by atoms with Gasteiger partial charge in [0.15, 0.2) is 18.9 Å². The summed E-state index contributed by atoms with van der Waals surface area (Å²) in [6.45, 7) is 1.34. The lowest BCUT2D eigenvalue weighted by Crippen LogP contribution is -2.38. The van der Waals surface area contributed by atoms with E-state index in [4.69, 9.17) is 14.6 Å². The van der Waals surface area contributed by atoms with Gasteiger partial charge in [-0.05, 0) is 54.4 Å². The highest BCUT2D eigenvalue weighted by molar-refractivity contribution is 5.93. The van der Waals surface area contributed by atoms with Gasteiger partial charge >= 0.3 is 17.8 Å². The Balaban J connectivity index is 0.00000154. The Labute approximate surface area is 259 Å². The molecular weight excluding hydrogens is 609 g/mol. The predicted molar refractivity (Wildman–Crippen MR) is 153 cm³/mol. The quantitative estimate of drug-likeness (QED) is 0.175. The molecular formula is C31H27F3N6O6. The molecule has 1 aliphatic heterocycles. The second-order valence-electron chi connectivity index (χ2n) is 9.96. The number of aromatic nitrogens is 4. The number of hydrogen-bond acceptors (Lipinski definition) is 9. The Hall–Kier alpha value is -5.75. The van der Waals surface area contributed by atoms with Gasteiger partial charge < -0.3 is 19.7 Å². The molecule has 15 heteroatoms. The minimum Gasteiger partial charge on any atom is -0.554 e. The van der Waals surface area contributed by atoms with Crippen molar-refractivity contribution in [3.8, 4) is 6.07 Å². The summed E-state index contributed by atoms with van der Waals surface area (Å²) in [7, 11) is 1.17. The van der Waals surface area contributed by atoms with Crippen molar-refractivity contribution in [2.24, 2.45) is 0 Å². The summed E-state index contributed by atoms with van der Waals surface area (Å²) in [5, 5.41) is 33.9. The lowest BCUT2D eigenvalue weighted by atomic mass is 9.89. The number of aromatic amines is 1. The van der Waals surface area contributed by atoms with Crippen LogP contribution in [0.2, 0.25) is 0 Å². The van der Waals surface area contributed by atoms with E-state index in [0.717, 1.165) is 12.1 Å². The number of esters is 1. The number of pyridine rings is 1. The molecule has 12 nitrogen and oxygen atoms in total. The molecule has 0 spiro atoms. The molecule has 1 aliphatic rings. The third kappa shape index (κ3) is 6.66. The van der Waals surface area contributed by atoms with Crippen molar-refractivity contribution in [2.45, 2.75) is 38.7 Å². The predicted octanol–water partition coefficient (Wildman–Crippen LogP) is 2.04. The first-order chi connectivity index (χ1) is 22.0. The summed E-state index contributed by atoms with van der Waals surface area (Å²) in [6.07, 6.45) is -0.657. The van der Waals surface area contributed by atoms with Crippen molar-refractivity contribution in [3.63, 3.8) is 0 Å². The van der Waals surface area contributed by atoms with Crippen LogP contribution < -0.4 is 20.3 Å². The van der Waals surface area contributed by atoms with E-state index in [1.165, 1.54) is 28.7 Å². The number of aryl methyl sites for hydroxylation is 2. The number of allylic oxidation sites excluding steroid dienone is 1. The van der Waals surface area contributed by atoms with Crippen LogP contribution in [-0.4, -0.2) is 39.4 Å². The van der Waals surface area contributed by atoms with Gasteiger partial charge in [-0.2, -0.15) is 18.4 Å². The number of rotatable bonds is 7. The average molecular weight is 637 g/mol. The fraction of sp³-hybridized carbons (Fsp3) is 0.226. The number of fused-ring (bicyclic) bond motifs is 1. The molecule has 0 saturated heterocycles. The maximum Gasteiger partial charge on any atom is 0.416 e. The van der Waals surface area contributed by atoms with Gasteiger partial charge in [-0.3, -0.25) is 4.90 Å². The zero-order valence-electron chi connectivity index (χ0n) is 24.5. The van der Waals surface area contributed by atoms with Crippen LogP contribution in [0.3, 0.4) is 0 Å². The molecule has 0 aliphatic carbocycles. The van der Waals surface area contributed by atoms with Crippen molar-refractivity contribution in [2.75, 3.05) is 12.0 Å². The third-order valence-corrected chi connectivity index (χ3v) is 7.29. The van der Waals surface area contributed by atoms with Crippen molar-refractivity contribution in [3.05, 3.63) is 117 Å². The standard InChI is InChI=1S/C30H25F3N6O4.CH2O2/c1-18-25(27(41)43-2)26(24-9-8-19(15-34)13-21(24)10-12-37-11-4-5-20(16-37)17-40)39-28(35-36-29(39)42)38(18)23-7-3-6-22(14-23)30(31,32)33;2-1-3/h3-9,11,13-14,16,26,40H,10,12,17H2,1-2H3;1H,(H,2,3)/t26-;/m1./s1. The van der Waals surface area contributed by atoms with Gasteiger partial charge in [-0.25, -0.2) is 23.8 Å². The number of hydrogen-bond donors (Lipinski definition) is 2. The van der Waals surface area contributed by atoms with Crippen molar-refractivity contribution >= 4 is 24.1 Å². The zero-order valence-corrected chi connectivity index (χ0v) is 24.5. The van der Waals surface area contributed by atoms with Crippen LogP contribution in [0.25, 0.3) is 0 Å². The Morgan fingerprint density at radius 3 is 2.63 bits per heavy atom. The number of alkyl halides is 3. The summed E-state index contributed by atoms with van der Waals surface area (Å²) in [6, 6.07) is 14.0. The summed E-state index contributed by atoms with van der Waals surface area (Å²) < 4.78 is 49.0. The SMILES string of the molecule is COC(=O)C1=C(C)N(c2cccc(C(F)(F)F)c2)c2n[nH]c(=O)n2[C@@H]1c1ccc(C#N)cc1CC[n+]1cccc(CO)c1.O=C[O-]. The van der Waals surface area contributed by atoms with Crippen molar-refractivity contribution in [1.82, 2.24) is 14.8 Å². The number of methoxy groups -OCH3 is 1. The molecule has 0 amide bonds. The molecule has 4 aromatic rings. The molecule has 0 unspecified atom stereocenters. The first-order valence-corrected chi connectivity index (χ1v) is 13.6. The van der Waals surface area contributed by atoms with E-state index in [1.54, 1.807) is 43.5 Å². The van der Waals surface area contributed by atoms with Gasteiger partial charge in [0.05, 0.1) is 36.5 Å². The summed E-state index contributed by atoms with van der Waals surface area (Å²) in [5.41, 5.74) is 0.851. The Bertz CT molecular complexity index is 1890. The molecule has 238 valence electrons. The zero-order chi connectivity index (χ0) is 33.6. The van der Waals surface area contributed by atoms with Crippen molar-refractivity contribution < 1.29 is 42.3 Å². The number of benzene rings is 2. The fourth-order valence-corrected chi connectivity index (χ4v) is 5.30. The minimum atomic E-state index is -4.63. The number of anilines is 2. The number of aliphatic hydroxyl groups is 1. The average Bonchev–Trinajstić information content (AvgIpc) is 3.43. The van der Waals surface area contributed by atoms with E-state index in [1.807, 2.05) is 10.8 Å². The van der Waals surface area contributed by atoms with Crippen molar-refractivity contribution in [1.29, 1.82) is 5.26 Å². The monoisotopic (exact) mass is 636 g/mol. The number of carboxylic acid groups (broad SMARTS) is 1. The number of carbonyl (C=O) groups excluding carboxylic acids is 2. The highest BCUT2D eigenvalue weighted by Crippen LogP contribution is 2.43. The maximum absolute atomic E-state index is 13.6. The van der Waals surface area contributed by atoms with Gasteiger partial charge in [-0.15, -0.1) is 5.10 Å². The highest BCUT2D eigenvalue weighted by Gasteiger charge is 2.41. The normalized spacial score (nSPS) is 14.1. The van der Waals surface area contributed by atoms with Crippen LogP contribution in [0.1, 0.15) is 40.8 Å². The number of carbonyl (C=O) groups is 2. The lowest BCUT2D eigenvalue weighted by Gasteiger charge is -2.36. The van der Waals surface area contributed by atoms with Crippen LogP contribution in [-0.2, 0) is 40.1 Å². The number of aliphatic hydroxyl groups excluding tert-OH is 1. The smallest absolute Gasteiger partial charge is 0.416 e. The number of nitrogens with zero attached hydrogens (tertiary/aromatic N) is 5. The molecule has 2 aromatic carbocycles. The van der Waals surface area contributed by atoms with Gasteiger partial charge in [0.25, 0.3) is 0 Å². The van der Waals surface area contributed by atoms with Crippen LogP contribution in [0.15, 0.2) is 83.1 Å². The minimum absolute atomic E-state index is 0.0109. The lowest BCUT2D eigenvalue weighted by molar-refractivity contribution is -0.697. The van der Waals surface area contributed by atoms with Crippen LogP contribution in [0, 0.1) is 11.3 Å². The number of nitriles is 1. The van der Waals surface area contributed by atoms with E-state index in [9.17, 15) is 33.1 Å². The molecule has 46 heavy (non-hydrogen) atoms. The largest absolute Gasteiger partial charge is 0.554 e. The van der Waals surface area contributed by atoms with Gasteiger partial charge in [0.1, 0.15) is 6.04 Å². The van der Waals surface area contributed by atoms with Gasteiger partial charge in [0, 0.05) is 35.9 Å². The van der Waals surface area contributed by atoms with E-state index >= 15 is 0 Å². The molecule has 5 rings (SSSR count). The van der Waals surface area contributed by atoms with E-state index in [2.05, 4.69) is 16.3 Å². The Morgan fingerprint density at radius 1 is 1.24 bits per heavy atom. The third-order valence-electron chi connectivity index (χ3n) is 7.29. The Morgan fingerprint density at radius 2 is 1.98 bits per heavy atom. The summed E-state index contributed by atoms with van der Waals surface area (Å²) in [4.78, 5) is 36.2. The molecule has 0 saturated carbocycles. The molecule has 0 fully saturated rings. The summed E-state index contributed by atoms with van der Waals surface area (Å²) in [5.74, 6) is -0.821. The van der Waals surface area contributed by atoms with Gasteiger partial charge in [-0.1, -0.05) is 12.1 Å². The fourth-order valence-electron chi connectivity index (χ4n) is 5.30. The van der Waals surface area contributed by atoms with E-state index < -0.39 is 35.9 Å². The number of halogens is 3. The van der Waals surface area contributed by atoms with Gasteiger partial charge in [0.2, 0.25) is 5.95 Å². The molecule has 2 N–H and O–H groups in total. The van der Waals surface area contributed by atoms with Crippen LogP contribution in [0.5, 0.6) is 0 Å². The Kier molecular flexibility index (Phi) is 10.0. The molecule has 3 heterocycles. The van der Waals surface area contributed by atoms with Crippen LogP contribution >= 0.6 is 0 Å². The number of nitrogens with one attached hydrogen (secondary N) is 1. The molecule has 0 bridgehead atoms.